The van der Waals surface area contributed by atoms with E-state index < -0.39 is 131 Å². The number of likely N-dealkylation sites (tertiary alicyclic amines) is 4. The van der Waals surface area contributed by atoms with Gasteiger partial charge in [-0.1, -0.05) is 52.3 Å². The third-order valence-electron chi connectivity index (χ3n) is 17.1. The van der Waals surface area contributed by atoms with E-state index in [9.17, 15) is 62.6 Å². The lowest BCUT2D eigenvalue weighted by Crippen LogP contribution is -2.61. The van der Waals surface area contributed by atoms with Crippen LogP contribution < -0.4 is 43.4 Å². The molecule has 11 amide bonds. The molecule has 1 aromatic heterocycles. The second-order valence-electron chi connectivity index (χ2n) is 23.5. The molecule has 26 nitrogen and oxygen atoms in total. The molecule has 460 valence electrons. The fraction of sp³-hybridized carbons (Fsp3) is 0.655. The lowest BCUT2D eigenvalue weighted by Gasteiger charge is -2.34. The first-order chi connectivity index (χ1) is 40.1. The van der Waals surface area contributed by atoms with Gasteiger partial charge < -0.3 is 73.1 Å². The number of primary amides is 1. The van der Waals surface area contributed by atoms with Crippen molar-refractivity contribution in [2.45, 2.75) is 197 Å². The average Bonchev–Trinajstić information content (AvgIpc) is 4.52. The third kappa shape index (κ3) is 15.6. The van der Waals surface area contributed by atoms with Crippen LogP contribution in [0.2, 0.25) is 0 Å². The Morgan fingerprint density at radius 3 is 1.80 bits per heavy atom. The van der Waals surface area contributed by atoms with Crippen LogP contribution in [0.15, 0.2) is 30.5 Å². The molecule has 0 aliphatic carbocycles. The van der Waals surface area contributed by atoms with Gasteiger partial charge in [0.05, 0.1) is 0 Å². The van der Waals surface area contributed by atoms with E-state index in [0.29, 0.717) is 50.5 Å². The largest absolute Gasteiger partial charge is 0.480 e. The molecule has 5 saturated heterocycles. The van der Waals surface area contributed by atoms with Gasteiger partial charge in [-0.3, -0.25) is 52.7 Å². The Kier molecular flexibility index (Phi) is 22.3. The zero-order chi connectivity index (χ0) is 60.9. The highest BCUT2D eigenvalue weighted by atomic mass is 16.4. The molecule has 5 fully saturated rings. The summed E-state index contributed by atoms with van der Waals surface area (Å²) in [5, 5.41) is 27.3. The van der Waals surface area contributed by atoms with E-state index in [1.54, 1.807) is 13.1 Å². The first kappa shape index (κ1) is 63.9. The van der Waals surface area contributed by atoms with E-state index in [-0.39, 0.29) is 109 Å². The zero-order valence-corrected chi connectivity index (χ0v) is 48.7. The monoisotopic (exact) mass is 1170 g/mol. The number of hydrogen-bond acceptors (Lipinski definition) is 13. The normalized spacial score (nSPS) is 22.6. The Morgan fingerprint density at radius 2 is 1.21 bits per heavy atom. The van der Waals surface area contributed by atoms with Crippen LogP contribution in [-0.4, -0.2) is 194 Å². The highest BCUT2D eigenvalue weighted by Gasteiger charge is 2.46. The molecular formula is C58H85N13O13. The first-order valence-corrected chi connectivity index (χ1v) is 29.9. The van der Waals surface area contributed by atoms with Crippen molar-refractivity contribution >= 4 is 81.9 Å². The molecule has 0 spiro atoms. The van der Waals surface area contributed by atoms with Crippen LogP contribution in [0.25, 0.3) is 10.9 Å². The number of carbonyl (C=O) groups is 12. The quantitative estimate of drug-likeness (QED) is 0.0543. The van der Waals surface area contributed by atoms with E-state index in [1.165, 1.54) is 19.6 Å². The van der Waals surface area contributed by atoms with Crippen LogP contribution in [-0.2, 0) is 64.0 Å². The third-order valence-corrected chi connectivity index (χ3v) is 17.1. The van der Waals surface area contributed by atoms with Crippen LogP contribution in [0.1, 0.15) is 136 Å². The van der Waals surface area contributed by atoms with Gasteiger partial charge in [0.1, 0.15) is 60.4 Å². The van der Waals surface area contributed by atoms with Crippen molar-refractivity contribution in [1.82, 2.24) is 56.5 Å². The van der Waals surface area contributed by atoms with E-state index >= 15 is 0 Å². The number of aromatic amines is 1. The number of aliphatic carboxylic acids is 1. The van der Waals surface area contributed by atoms with Gasteiger partial charge >= 0.3 is 5.97 Å². The molecule has 11 unspecified atom stereocenters. The molecular weight excluding hydrogens is 1090 g/mol. The van der Waals surface area contributed by atoms with E-state index in [0.717, 1.165) is 10.9 Å². The standard InChI is InChI=1S/C58H85N13O13/c1-5-33(4)48(57(82)70-27-11-18-44(70)56(81)71-28-12-19-45(71)58(83)84)67-50(75)38(20-22-46(60)72)63-52(77)42-16-9-25-68(42)54(79)39(15-8-24-59)64-53(78)43-17-10-26-69(43)55(80)41(30-34-31-61-36-14-7-6-13-35(34)36)66-51(76)40(29-32(2)3)65-49(74)37-21-23-47(73)62-37/h6-7,13-14,31-33,37-45,48,61H,5,8-12,15-30,59H2,1-4H3,(H2,60,72)(H,62,73)(H,63,77)(H,64,78)(H,65,74)(H,66,76)(H,67,75)(H,83,84). The number of aromatic nitrogens is 1. The van der Waals surface area contributed by atoms with Gasteiger partial charge in [-0.15, -0.1) is 0 Å². The smallest absolute Gasteiger partial charge is 0.326 e. The summed E-state index contributed by atoms with van der Waals surface area (Å²) in [5.41, 5.74) is 13.0. The number of H-pyrrole nitrogens is 1. The fourth-order valence-corrected chi connectivity index (χ4v) is 12.3. The van der Waals surface area contributed by atoms with Crippen LogP contribution >= 0.6 is 0 Å². The fourth-order valence-electron chi connectivity index (χ4n) is 12.3. The molecule has 6 heterocycles. The molecule has 5 aliphatic rings. The molecule has 7 rings (SSSR count). The summed E-state index contributed by atoms with van der Waals surface area (Å²) in [6.45, 7) is 8.16. The number of hydrogen-bond donors (Lipinski definition) is 10. The van der Waals surface area contributed by atoms with E-state index in [2.05, 4.69) is 36.9 Å². The average molecular weight is 1170 g/mol. The zero-order valence-electron chi connectivity index (χ0n) is 48.7. The number of carbonyl (C=O) groups excluding carboxylic acids is 11. The lowest BCUT2D eigenvalue weighted by molar-refractivity contribution is -0.152. The summed E-state index contributed by atoms with van der Waals surface area (Å²) in [5.74, 6) is -8.23. The SMILES string of the molecule is CCC(C)C(NC(=O)C(CCC(N)=O)NC(=O)C1CCCN1C(=O)C(CCCN)NC(=O)C1CCCN1C(=O)C(Cc1c[nH]c2ccccc12)NC(=O)C(CC(C)C)NC(=O)C1CCC(=O)N1)C(=O)N1CCCC1C(=O)N1CCCC1C(=O)O. The maximum Gasteiger partial charge on any atom is 0.326 e. The van der Waals surface area contributed by atoms with E-state index in [1.807, 2.05) is 45.0 Å². The number of carboxylic acid groups (broad SMARTS) is 1. The minimum absolute atomic E-state index is 0.0101. The summed E-state index contributed by atoms with van der Waals surface area (Å²) in [6, 6.07) is -3.62. The number of nitrogens with zero attached hydrogens (tertiary/aromatic N) is 4. The maximum atomic E-state index is 15.0. The Bertz CT molecular complexity index is 2790. The molecule has 84 heavy (non-hydrogen) atoms. The van der Waals surface area contributed by atoms with Crippen LogP contribution in [0, 0.1) is 11.8 Å². The summed E-state index contributed by atoms with van der Waals surface area (Å²) >= 11 is 0. The highest BCUT2D eigenvalue weighted by molar-refractivity contribution is 6.00. The van der Waals surface area contributed by atoms with Gasteiger partial charge in [-0.05, 0) is 113 Å². The summed E-state index contributed by atoms with van der Waals surface area (Å²) in [6.07, 6.45) is 5.35. The van der Waals surface area contributed by atoms with Crippen molar-refractivity contribution in [2.24, 2.45) is 23.3 Å². The van der Waals surface area contributed by atoms with Crippen molar-refractivity contribution < 1.29 is 62.6 Å². The molecule has 0 bridgehead atoms. The minimum atomic E-state index is -1.41. The van der Waals surface area contributed by atoms with Crippen LogP contribution in [0.4, 0.5) is 0 Å². The molecule has 1 aromatic carbocycles. The van der Waals surface area contributed by atoms with Gasteiger partial charge in [0.25, 0.3) is 0 Å². The maximum absolute atomic E-state index is 15.0. The predicted molar refractivity (Wildman–Crippen MR) is 305 cm³/mol. The number of nitrogens with one attached hydrogen (secondary N) is 7. The minimum Gasteiger partial charge on any atom is -0.480 e. The molecule has 5 aliphatic heterocycles. The molecule has 11 atom stereocenters. The number of amides is 11. The summed E-state index contributed by atoms with van der Waals surface area (Å²) in [4.78, 5) is 174. The van der Waals surface area contributed by atoms with Gasteiger partial charge in [-0.2, -0.15) is 0 Å². The van der Waals surface area contributed by atoms with Gasteiger partial charge in [0.2, 0.25) is 65.0 Å². The second-order valence-corrected chi connectivity index (χ2v) is 23.5. The van der Waals surface area contributed by atoms with Crippen molar-refractivity contribution in [3.8, 4) is 0 Å². The molecule has 0 saturated carbocycles. The molecule has 2 aromatic rings. The van der Waals surface area contributed by atoms with Crippen LogP contribution in [0.5, 0.6) is 0 Å². The van der Waals surface area contributed by atoms with Crippen molar-refractivity contribution in [3.05, 3.63) is 36.0 Å². The van der Waals surface area contributed by atoms with Crippen molar-refractivity contribution in [2.75, 3.05) is 32.7 Å². The van der Waals surface area contributed by atoms with Crippen LogP contribution in [0.3, 0.4) is 0 Å². The Hall–Kier alpha value is -7.64. The number of benzene rings is 1. The second kappa shape index (κ2) is 29.2. The van der Waals surface area contributed by atoms with E-state index in [4.69, 9.17) is 11.5 Å². The highest BCUT2D eigenvalue weighted by Crippen LogP contribution is 2.29. The lowest BCUT2D eigenvalue weighted by atomic mass is 9.96. The predicted octanol–water partition coefficient (Wildman–Crippen LogP) is -0.442. The Labute approximate surface area is 488 Å². The topological polar surface area (TPSA) is 378 Å². The summed E-state index contributed by atoms with van der Waals surface area (Å²) in [7, 11) is 0. The molecule has 26 heteroatoms. The molecule has 0 radical (unpaired) electrons. The number of nitrogens with two attached hydrogens (primary N) is 2. The number of para-hydroxylation sites is 1. The number of fused-ring (bicyclic) bond motifs is 1. The molecule has 12 N–H and O–H groups in total. The number of rotatable bonds is 27. The van der Waals surface area contributed by atoms with Gasteiger partial charge in [0.15, 0.2) is 0 Å². The van der Waals surface area contributed by atoms with Crippen molar-refractivity contribution in [3.63, 3.8) is 0 Å². The Morgan fingerprint density at radius 1 is 0.655 bits per heavy atom. The first-order valence-electron chi connectivity index (χ1n) is 29.9. The van der Waals surface area contributed by atoms with Crippen molar-refractivity contribution in [1.29, 1.82) is 0 Å². The Balaban J connectivity index is 1.05. The van der Waals surface area contributed by atoms with Gasteiger partial charge in [-0.25, -0.2) is 4.79 Å². The number of carboxylic acids is 1. The summed E-state index contributed by atoms with van der Waals surface area (Å²) < 4.78 is 0. The van der Waals surface area contributed by atoms with Gasteiger partial charge in [0, 0.05) is 62.5 Å².